The highest BCUT2D eigenvalue weighted by atomic mass is 16.5. The molecule has 0 radical (unpaired) electrons. The zero-order chi connectivity index (χ0) is 21.1. The monoisotopic (exact) mass is 402 g/mol. The molecule has 0 aliphatic heterocycles. The number of aryl methyl sites for hydroxylation is 2. The van der Waals surface area contributed by atoms with Crippen molar-refractivity contribution >= 4 is 27.8 Å². The van der Waals surface area contributed by atoms with E-state index in [1.54, 1.807) is 0 Å². The number of rotatable bonds is 8. The van der Waals surface area contributed by atoms with Gasteiger partial charge in [-0.05, 0) is 43.5 Å². The molecule has 0 amide bonds. The first kappa shape index (κ1) is 20.3. The molecule has 0 aliphatic carbocycles. The first-order valence-electron chi connectivity index (χ1n) is 11.0. The van der Waals surface area contributed by atoms with Crippen LogP contribution in [0.1, 0.15) is 50.7 Å². The van der Waals surface area contributed by atoms with Gasteiger partial charge in [0, 0.05) is 59.6 Å². The van der Waals surface area contributed by atoms with Crippen LogP contribution in [0.2, 0.25) is 0 Å². The minimum atomic E-state index is -0.124. The van der Waals surface area contributed by atoms with Gasteiger partial charge in [0.15, 0.2) is 0 Å². The molecular weight excluding hydrogens is 372 g/mol. The fraction of sp³-hybridized carbons (Fsp3) is 0.346. The van der Waals surface area contributed by atoms with Gasteiger partial charge < -0.3 is 13.9 Å². The molecule has 30 heavy (non-hydrogen) atoms. The second-order valence-corrected chi connectivity index (χ2v) is 7.76. The Bertz CT molecular complexity index is 1090. The molecule has 4 rings (SSSR count). The van der Waals surface area contributed by atoms with Crippen molar-refractivity contribution in [2.75, 3.05) is 6.61 Å². The highest BCUT2D eigenvalue weighted by molar-refractivity contribution is 5.89. The van der Waals surface area contributed by atoms with E-state index in [2.05, 4.69) is 83.9 Å². The minimum absolute atomic E-state index is 0.0128. The highest BCUT2D eigenvalue weighted by Crippen LogP contribution is 2.37. The van der Waals surface area contributed by atoms with Gasteiger partial charge in [-0.2, -0.15) is 0 Å². The number of ether oxygens (including phenoxy) is 1. The van der Waals surface area contributed by atoms with E-state index in [1.807, 2.05) is 6.92 Å². The Morgan fingerprint density at radius 2 is 1.33 bits per heavy atom. The van der Waals surface area contributed by atoms with Gasteiger partial charge in [-0.3, -0.25) is 4.79 Å². The lowest BCUT2D eigenvalue weighted by Gasteiger charge is -2.17. The summed E-state index contributed by atoms with van der Waals surface area (Å²) in [5, 5.41) is 2.45. The zero-order valence-electron chi connectivity index (χ0n) is 18.1. The molecule has 0 fully saturated rings. The lowest BCUT2D eigenvalue weighted by molar-refractivity contribution is -0.143. The van der Waals surface area contributed by atoms with Gasteiger partial charge >= 0.3 is 5.97 Å². The predicted molar refractivity (Wildman–Crippen MR) is 123 cm³/mol. The van der Waals surface area contributed by atoms with Crippen molar-refractivity contribution in [3.63, 3.8) is 0 Å². The molecule has 2 aromatic carbocycles. The van der Waals surface area contributed by atoms with E-state index >= 15 is 0 Å². The van der Waals surface area contributed by atoms with Gasteiger partial charge in [0.05, 0.1) is 0 Å². The van der Waals surface area contributed by atoms with Crippen molar-refractivity contribution in [2.45, 2.75) is 52.6 Å². The predicted octanol–water partition coefficient (Wildman–Crippen LogP) is 6.11. The maximum Gasteiger partial charge on any atom is 0.305 e. The summed E-state index contributed by atoms with van der Waals surface area (Å²) < 4.78 is 10.3. The van der Waals surface area contributed by atoms with E-state index in [0.717, 1.165) is 19.5 Å². The summed E-state index contributed by atoms with van der Waals surface area (Å²) in [4.78, 5) is 12.2. The fourth-order valence-electron chi connectivity index (χ4n) is 4.43. The van der Waals surface area contributed by atoms with Crippen LogP contribution in [0.5, 0.6) is 0 Å². The van der Waals surface area contributed by atoms with Crippen LogP contribution in [0.25, 0.3) is 21.8 Å². The summed E-state index contributed by atoms with van der Waals surface area (Å²) in [6.07, 6.45) is 5.73. The third kappa shape index (κ3) is 3.62. The second-order valence-electron chi connectivity index (χ2n) is 7.76. The first-order chi connectivity index (χ1) is 14.7. The third-order valence-corrected chi connectivity index (χ3v) is 5.94. The average molecular weight is 403 g/mol. The van der Waals surface area contributed by atoms with Gasteiger partial charge in [0.25, 0.3) is 0 Å². The number of esters is 1. The van der Waals surface area contributed by atoms with Crippen molar-refractivity contribution in [1.29, 1.82) is 0 Å². The first-order valence-corrected chi connectivity index (χ1v) is 11.0. The van der Waals surface area contributed by atoms with Crippen molar-refractivity contribution in [1.82, 2.24) is 9.13 Å². The number of carbonyl (C=O) groups is 1. The van der Waals surface area contributed by atoms with Crippen LogP contribution in [0.4, 0.5) is 0 Å². The molecule has 156 valence electrons. The minimum Gasteiger partial charge on any atom is -0.465 e. The van der Waals surface area contributed by atoms with Crippen LogP contribution in [-0.4, -0.2) is 21.7 Å². The Morgan fingerprint density at radius 3 is 1.80 bits per heavy atom. The molecule has 0 spiro atoms. The average Bonchev–Trinajstić information content (AvgIpc) is 3.33. The summed E-state index contributed by atoms with van der Waals surface area (Å²) in [5.74, 6) is -0.137. The van der Waals surface area contributed by atoms with Crippen molar-refractivity contribution in [2.24, 2.45) is 0 Å². The van der Waals surface area contributed by atoms with Gasteiger partial charge in [-0.25, -0.2) is 0 Å². The van der Waals surface area contributed by atoms with Crippen molar-refractivity contribution in [3.05, 3.63) is 72.1 Å². The summed E-state index contributed by atoms with van der Waals surface area (Å²) >= 11 is 0. The van der Waals surface area contributed by atoms with E-state index in [1.165, 1.54) is 32.9 Å². The number of nitrogens with zero attached hydrogens (tertiary/aromatic N) is 2. The summed E-state index contributed by atoms with van der Waals surface area (Å²) in [5.41, 5.74) is 4.88. The van der Waals surface area contributed by atoms with E-state index in [-0.39, 0.29) is 11.9 Å². The largest absolute Gasteiger partial charge is 0.465 e. The van der Waals surface area contributed by atoms with Crippen LogP contribution in [0.3, 0.4) is 0 Å². The van der Waals surface area contributed by atoms with E-state index in [9.17, 15) is 4.79 Å². The van der Waals surface area contributed by atoms with E-state index in [0.29, 0.717) is 13.0 Å². The maximum absolute atomic E-state index is 12.2. The second kappa shape index (κ2) is 8.78. The topological polar surface area (TPSA) is 36.2 Å². The number of hydrogen-bond donors (Lipinski definition) is 0. The molecule has 0 unspecified atom stereocenters. The van der Waals surface area contributed by atoms with Crippen molar-refractivity contribution < 1.29 is 9.53 Å². The van der Waals surface area contributed by atoms with Crippen LogP contribution < -0.4 is 0 Å². The summed E-state index contributed by atoms with van der Waals surface area (Å²) in [6, 6.07) is 17.0. The van der Waals surface area contributed by atoms with E-state index < -0.39 is 0 Å². The number of benzene rings is 2. The standard InChI is InChI=1S/C26H30N2O2/c1-4-11-26(29)30-18-23(21-16-27(5-2)24-14-9-7-12-19(21)24)22-17-28(6-3)25-15-10-8-13-20(22)25/h7-10,12-17,23H,4-6,11,18H2,1-3H3. The van der Waals surface area contributed by atoms with Crippen LogP contribution in [0, 0.1) is 0 Å². The molecule has 2 heterocycles. The molecular formula is C26H30N2O2. The number of fused-ring (bicyclic) bond motifs is 2. The van der Waals surface area contributed by atoms with Gasteiger partial charge in [0.1, 0.15) is 6.61 Å². The number of hydrogen-bond acceptors (Lipinski definition) is 2. The lowest BCUT2D eigenvalue weighted by Crippen LogP contribution is -2.14. The quantitative estimate of drug-likeness (QED) is 0.333. The molecule has 0 saturated carbocycles. The SMILES string of the molecule is CCCC(=O)OCC(c1cn(CC)c2ccccc12)c1cn(CC)c2ccccc12. The molecule has 4 aromatic rings. The molecule has 4 heteroatoms. The Balaban J connectivity index is 1.88. The zero-order valence-corrected chi connectivity index (χ0v) is 18.1. The molecule has 4 nitrogen and oxygen atoms in total. The van der Waals surface area contributed by atoms with Gasteiger partial charge in [-0.15, -0.1) is 0 Å². The number of aromatic nitrogens is 2. The maximum atomic E-state index is 12.2. The summed E-state index contributed by atoms with van der Waals surface area (Å²) in [6.45, 7) is 8.49. The molecule has 0 atom stereocenters. The molecule has 2 aromatic heterocycles. The van der Waals surface area contributed by atoms with Gasteiger partial charge in [0.2, 0.25) is 0 Å². The van der Waals surface area contributed by atoms with E-state index in [4.69, 9.17) is 4.74 Å². The van der Waals surface area contributed by atoms with Crippen LogP contribution in [0.15, 0.2) is 60.9 Å². The fourth-order valence-corrected chi connectivity index (χ4v) is 4.43. The number of carbonyl (C=O) groups excluding carboxylic acids is 1. The van der Waals surface area contributed by atoms with Gasteiger partial charge in [-0.1, -0.05) is 43.3 Å². The highest BCUT2D eigenvalue weighted by Gasteiger charge is 2.25. The normalized spacial score (nSPS) is 11.6. The van der Waals surface area contributed by atoms with Crippen LogP contribution >= 0.6 is 0 Å². The lowest BCUT2D eigenvalue weighted by atomic mass is 9.91. The Labute approximate surface area is 178 Å². The molecule has 0 bridgehead atoms. The Hall–Kier alpha value is -3.01. The molecule has 0 aliphatic rings. The smallest absolute Gasteiger partial charge is 0.305 e. The molecule has 0 saturated heterocycles. The summed E-state index contributed by atoms with van der Waals surface area (Å²) in [7, 11) is 0. The number of para-hydroxylation sites is 2. The molecule has 0 N–H and O–H groups in total. The van der Waals surface area contributed by atoms with Crippen LogP contribution in [-0.2, 0) is 22.6 Å². The Kier molecular flexibility index (Phi) is 5.93. The Morgan fingerprint density at radius 1 is 0.833 bits per heavy atom. The third-order valence-electron chi connectivity index (χ3n) is 5.94. The van der Waals surface area contributed by atoms with Crippen molar-refractivity contribution in [3.8, 4) is 0 Å².